The largest absolute Gasteiger partial charge is 0.378 e. The minimum Gasteiger partial charge on any atom is -0.378 e. The third-order valence-electron chi connectivity index (χ3n) is 6.49. The molecule has 0 spiro atoms. The first-order valence-corrected chi connectivity index (χ1v) is 12.1. The summed E-state index contributed by atoms with van der Waals surface area (Å²) < 4.78 is 5.45. The highest BCUT2D eigenvalue weighted by Crippen LogP contribution is 2.40. The van der Waals surface area contributed by atoms with Gasteiger partial charge < -0.3 is 25.2 Å². The van der Waals surface area contributed by atoms with Crippen LogP contribution in [-0.2, 0) is 16.0 Å². The fourth-order valence-corrected chi connectivity index (χ4v) is 4.73. The predicted octanol–water partition coefficient (Wildman–Crippen LogP) is 1.94. The van der Waals surface area contributed by atoms with Crippen molar-refractivity contribution in [2.24, 2.45) is 5.92 Å². The van der Waals surface area contributed by atoms with E-state index in [1.165, 1.54) is 0 Å². The second-order valence-corrected chi connectivity index (χ2v) is 8.77. The van der Waals surface area contributed by atoms with Gasteiger partial charge in [0.25, 0.3) is 0 Å². The van der Waals surface area contributed by atoms with Crippen LogP contribution in [0.5, 0.6) is 0 Å². The Morgan fingerprint density at radius 2 is 1.94 bits per heavy atom. The summed E-state index contributed by atoms with van der Waals surface area (Å²) in [6.45, 7) is 7.74. The number of carbonyl (C=O) groups is 2. The molecule has 0 saturated carbocycles. The lowest BCUT2D eigenvalue weighted by Crippen LogP contribution is -2.52. The monoisotopic (exact) mass is 466 g/mol. The Labute approximate surface area is 200 Å². The molecule has 182 valence electrons. The molecule has 9 heteroatoms. The van der Waals surface area contributed by atoms with Crippen molar-refractivity contribution < 1.29 is 14.3 Å². The van der Waals surface area contributed by atoms with E-state index in [1.807, 2.05) is 37.1 Å². The van der Waals surface area contributed by atoms with Crippen LogP contribution in [0, 0.1) is 5.92 Å². The van der Waals surface area contributed by atoms with Gasteiger partial charge in [-0.3, -0.25) is 9.59 Å². The van der Waals surface area contributed by atoms with Crippen molar-refractivity contribution in [1.82, 2.24) is 20.8 Å². The molecule has 0 bridgehead atoms. The van der Waals surface area contributed by atoms with Gasteiger partial charge in [0, 0.05) is 31.9 Å². The summed E-state index contributed by atoms with van der Waals surface area (Å²) in [5.41, 5.74) is 2.56. The van der Waals surface area contributed by atoms with Crippen LogP contribution in [0.1, 0.15) is 36.2 Å². The zero-order chi connectivity index (χ0) is 24.1. The maximum atomic E-state index is 13.7. The predicted molar refractivity (Wildman–Crippen MR) is 132 cm³/mol. The lowest BCUT2D eigenvalue weighted by molar-refractivity contribution is -0.124. The minimum atomic E-state index is -0.847. The summed E-state index contributed by atoms with van der Waals surface area (Å²) in [5.74, 6) is -0.168. The smallest absolute Gasteiger partial charge is 0.233 e. The highest BCUT2D eigenvalue weighted by molar-refractivity contribution is 6.15. The molecular formula is C25H34N6O3. The van der Waals surface area contributed by atoms with Crippen LogP contribution >= 0.6 is 0 Å². The van der Waals surface area contributed by atoms with Crippen LogP contribution in [-0.4, -0.2) is 74.4 Å². The fraction of sp³-hybridized carbons (Fsp3) is 0.520. The summed E-state index contributed by atoms with van der Waals surface area (Å²) in [7, 11) is 1.83. The average molecular weight is 467 g/mol. The van der Waals surface area contributed by atoms with Crippen molar-refractivity contribution in [2.45, 2.75) is 32.7 Å². The third-order valence-corrected chi connectivity index (χ3v) is 6.49. The number of nitrogens with zero attached hydrogens (tertiary/aromatic N) is 4. The number of carbonyl (C=O) groups excluding carboxylic acids is 2. The van der Waals surface area contributed by atoms with E-state index in [4.69, 9.17) is 4.74 Å². The number of aryl methyl sites for hydroxylation is 1. The van der Waals surface area contributed by atoms with Crippen molar-refractivity contribution in [3.8, 4) is 0 Å². The Morgan fingerprint density at radius 3 is 2.68 bits per heavy atom. The molecule has 2 N–H and O–H groups in total. The minimum absolute atomic E-state index is 0.210. The molecule has 2 atom stereocenters. The SMILES string of the molecule is CCCc1ccccc1N1c2nnc(N3CCOCC3)cc2C(=O)C(C(=O)NCCNC)C1C. The zero-order valence-corrected chi connectivity index (χ0v) is 20.2. The average Bonchev–Trinajstić information content (AvgIpc) is 2.86. The van der Waals surface area contributed by atoms with E-state index < -0.39 is 12.0 Å². The highest BCUT2D eigenvalue weighted by atomic mass is 16.5. The summed E-state index contributed by atoms with van der Waals surface area (Å²) in [6, 6.07) is 9.52. The molecule has 2 unspecified atom stereocenters. The molecule has 2 aromatic rings. The van der Waals surface area contributed by atoms with Crippen LogP contribution in [0.4, 0.5) is 17.3 Å². The van der Waals surface area contributed by atoms with E-state index in [1.54, 1.807) is 6.07 Å². The lowest BCUT2D eigenvalue weighted by Gasteiger charge is -2.40. The van der Waals surface area contributed by atoms with Crippen molar-refractivity contribution >= 4 is 29.0 Å². The van der Waals surface area contributed by atoms with E-state index in [-0.39, 0.29) is 11.7 Å². The number of ketones is 1. The third kappa shape index (κ3) is 4.76. The fourth-order valence-electron chi connectivity index (χ4n) is 4.73. The molecule has 34 heavy (non-hydrogen) atoms. The number of hydrogen-bond donors (Lipinski definition) is 2. The Morgan fingerprint density at radius 1 is 1.18 bits per heavy atom. The molecule has 1 fully saturated rings. The number of amides is 1. The van der Waals surface area contributed by atoms with Gasteiger partial charge in [0.1, 0.15) is 5.92 Å². The van der Waals surface area contributed by atoms with Crippen LogP contribution in [0.25, 0.3) is 0 Å². The van der Waals surface area contributed by atoms with Crippen LogP contribution in [0.15, 0.2) is 30.3 Å². The van der Waals surface area contributed by atoms with E-state index in [0.29, 0.717) is 56.6 Å². The summed E-state index contributed by atoms with van der Waals surface area (Å²) in [4.78, 5) is 31.0. The molecule has 0 radical (unpaired) electrons. The van der Waals surface area contributed by atoms with Crippen LogP contribution in [0.3, 0.4) is 0 Å². The van der Waals surface area contributed by atoms with E-state index >= 15 is 0 Å². The number of ether oxygens (including phenoxy) is 1. The Bertz CT molecular complexity index is 1020. The van der Waals surface area contributed by atoms with E-state index in [2.05, 4.69) is 38.7 Å². The molecule has 3 heterocycles. The first kappa shape index (κ1) is 24.1. The number of fused-ring (bicyclic) bond motifs is 1. The quantitative estimate of drug-likeness (QED) is 0.450. The Balaban J connectivity index is 1.79. The van der Waals surface area contributed by atoms with Crippen molar-refractivity contribution in [1.29, 1.82) is 0 Å². The van der Waals surface area contributed by atoms with E-state index in [0.717, 1.165) is 24.1 Å². The molecule has 0 aliphatic carbocycles. The number of nitrogens with one attached hydrogen (secondary N) is 2. The number of benzene rings is 1. The maximum Gasteiger partial charge on any atom is 0.233 e. The summed E-state index contributed by atoms with van der Waals surface area (Å²) >= 11 is 0. The number of likely N-dealkylation sites (N-methyl/N-ethyl adjacent to an activating group) is 1. The number of hydrogen-bond acceptors (Lipinski definition) is 8. The number of Topliss-reactive ketones (excluding diaryl/α,β-unsaturated/α-hetero) is 1. The van der Waals surface area contributed by atoms with Gasteiger partial charge in [0.15, 0.2) is 17.4 Å². The Hall–Kier alpha value is -3.04. The molecule has 9 nitrogen and oxygen atoms in total. The first-order valence-electron chi connectivity index (χ1n) is 12.1. The van der Waals surface area contributed by atoms with Gasteiger partial charge in [-0.05, 0) is 38.1 Å². The number of aromatic nitrogens is 2. The van der Waals surface area contributed by atoms with Crippen molar-refractivity contribution in [3.63, 3.8) is 0 Å². The first-order chi connectivity index (χ1) is 16.6. The molecule has 2 aliphatic rings. The standard InChI is InChI=1S/C25H34N6O3/c1-4-7-18-8-5-6-9-20(18)31-17(2)22(25(33)27-11-10-26-3)23(32)19-16-21(28-29-24(19)31)30-12-14-34-15-13-30/h5-6,8-9,16-17,22,26H,4,7,10-15H2,1-3H3,(H,27,33). The zero-order valence-electron chi connectivity index (χ0n) is 20.2. The number of morpholine rings is 1. The second kappa shape index (κ2) is 10.9. The number of anilines is 3. The van der Waals surface area contributed by atoms with Gasteiger partial charge in [-0.25, -0.2) is 0 Å². The van der Waals surface area contributed by atoms with Crippen LogP contribution in [0.2, 0.25) is 0 Å². The molecule has 4 rings (SSSR count). The normalized spacial score (nSPS) is 20.3. The number of rotatable bonds is 8. The van der Waals surface area contributed by atoms with Gasteiger partial charge in [0.05, 0.1) is 24.8 Å². The van der Waals surface area contributed by atoms with Gasteiger partial charge in [-0.2, -0.15) is 0 Å². The second-order valence-electron chi connectivity index (χ2n) is 8.77. The van der Waals surface area contributed by atoms with Gasteiger partial charge >= 0.3 is 0 Å². The molecular weight excluding hydrogens is 432 g/mol. The highest BCUT2D eigenvalue weighted by Gasteiger charge is 2.44. The summed E-state index contributed by atoms with van der Waals surface area (Å²) in [6.07, 6.45) is 1.88. The van der Waals surface area contributed by atoms with Gasteiger partial charge in [0.2, 0.25) is 5.91 Å². The van der Waals surface area contributed by atoms with Crippen LogP contribution < -0.4 is 20.4 Å². The maximum absolute atomic E-state index is 13.7. The van der Waals surface area contributed by atoms with Crippen molar-refractivity contribution in [2.75, 3.05) is 56.2 Å². The molecule has 1 amide bonds. The number of para-hydroxylation sites is 1. The van der Waals surface area contributed by atoms with E-state index in [9.17, 15) is 9.59 Å². The topological polar surface area (TPSA) is 99.7 Å². The molecule has 2 aliphatic heterocycles. The lowest BCUT2D eigenvalue weighted by atomic mass is 9.85. The molecule has 1 saturated heterocycles. The van der Waals surface area contributed by atoms with Crippen molar-refractivity contribution in [3.05, 3.63) is 41.5 Å². The van der Waals surface area contributed by atoms with Gasteiger partial charge in [-0.15, -0.1) is 10.2 Å². The molecule has 1 aromatic carbocycles. The van der Waals surface area contributed by atoms with Gasteiger partial charge in [-0.1, -0.05) is 31.5 Å². The summed E-state index contributed by atoms with van der Waals surface area (Å²) in [5, 5.41) is 15.0. The molecule has 1 aromatic heterocycles. The Kier molecular flexibility index (Phi) is 7.74.